The summed E-state index contributed by atoms with van der Waals surface area (Å²) < 4.78 is 6.17. The normalized spacial score (nSPS) is 18.1. The molecule has 2 aliphatic rings. The molecule has 0 N–H and O–H groups in total. The summed E-state index contributed by atoms with van der Waals surface area (Å²) in [5.74, 6) is 0. The van der Waals surface area contributed by atoms with Gasteiger partial charge in [0.2, 0.25) is 0 Å². The van der Waals surface area contributed by atoms with Gasteiger partial charge in [-0.05, 0) is 139 Å². The minimum atomic E-state index is 1.03. The van der Waals surface area contributed by atoms with Gasteiger partial charge in [-0.3, -0.25) is 0 Å². The lowest BCUT2D eigenvalue weighted by molar-refractivity contribution is 0.224. The first-order chi connectivity index (χ1) is 17.3. The molecule has 3 heterocycles. The van der Waals surface area contributed by atoms with Crippen molar-refractivity contribution in [1.29, 1.82) is 0 Å². The molecule has 0 unspecified atom stereocenters. The Balaban J connectivity index is 1.10. The van der Waals surface area contributed by atoms with E-state index < -0.39 is 0 Å². The topological polar surface area (TPSA) is 19.6 Å². The minimum absolute atomic E-state index is 1.03. The van der Waals surface area contributed by atoms with Gasteiger partial charge >= 0.3 is 0 Å². The van der Waals surface area contributed by atoms with Gasteiger partial charge in [0.1, 0.15) is 11.2 Å². The molecule has 0 amide bonds. The quantitative estimate of drug-likeness (QED) is 0.248. The van der Waals surface area contributed by atoms with Gasteiger partial charge in [0.25, 0.3) is 0 Å². The fraction of sp³-hybridized carbons (Fsp3) is 0.625. The summed E-state index contributed by atoms with van der Waals surface area (Å²) in [5.41, 5.74) is 4.99. The van der Waals surface area contributed by atoms with Crippen LogP contribution in [0.3, 0.4) is 0 Å². The molecule has 0 aliphatic carbocycles. The second-order valence-corrected chi connectivity index (χ2v) is 11.2. The van der Waals surface area contributed by atoms with Gasteiger partial charge in [-0.25, -0.2) is 0 Å². The van der Waals surface area contributed by atoms with E-state index in [-0.39, 0.29) is 0 Å². The maximum absolute atomic E-state index is 6.17. The van der Waals surface area contributed by atoms with Crippen molar-refractivity contribution >= 4 is 21.9 Å². The first-order valence-corrected chi connectivity index (χ1v) is 14.7. The maximum Gasteiger partial charge on any atom is 0.135 e. The van der Waals surface area contributed by atoms with Crippen LogP contribution in [0.4, 0.5) is 0 Å². The molecule has 0 saturated carbocycles. The average Bonchev–Trinajstić information content (AvgIpc) is 3.27. The Kier molecular flexibility index (Phi) is 9.17. The molecule has 2 aromatic carbocycles. The first kappa shape index (κ1) is 24.8. The lowest BCUT2D eigenvalue weighted by atomic mass is 10.0. The number of fused-ring (bicyclic) bond motifs is 3. The molecule has 3 aromatic rings. The Labute approximate surface area is 212 Å². The number of likely N-dealkylation sites (tertiary alicyclic amines) is 2. The molecule has 5 rings (SSSR count). The van der Waals surface area contributed by atoms with Crippen molar-refractivity contribution in [3.05, 3.63) is 47.5 Å². The SMILES string of the molecule is c1cc2oc3ccc(CCCCCN4CCCCC4)cc3c2cc1CCCCCN1CCCCC1. The summed E-state index contributed by atoms with van der Waals surface area (Å²) >= 11 is 0. The van der Waals surface area contributed by atoms with Crippen molar-refractivity contribution in [1.82, 2.24) is 9.80 Å². The summed E-state index contributed by atoms with van der Waals surface area (Å²) in [4.78, 5) is 5.33. The molecule has 0 radical (unpaired) electrons. The van der Waals surface area contributed by atoms with E-state index in [1.807, 2.05) is 0 Å². The second kappa shape index (κ2) is 12.9. The number of furan rings is 1. The van der Waals surface area contributed by atoms with E-state index in [1.165, 1.54) is 151 Å². The van der Waals surface area contributed by atoms with Gasteiger partial charge in [0.15, 0.2) is 0 Å². The predicted octanol–water partition coefficient (Wildman–Crippen LogP) is 7.98. The molecular weight excluding hydrogens is 428 g/mol. The number of benzene rings is 2. The van der Waals surface area contributed by atoms with Crippen LogP contribution in [-0.4, -0.2) is 49.1 Å². The number of piperidine rings is 2. The molecule has 0 spiro atoms. The van der Waals surface area contributed by atoms with E-state index >= 15 is 0 Å². The zero-order valence-electron chi connectivity index (χ0n) is 21.9. The molecule has 3 heteroatoms. The molecule has 1 aromatic heterocycles. The van der Waals surface area contributed by atoms with E-state index in [4.69, 9.17) is 4.42 Å². The van der Waals surface area contributed by atoms with Gasteiger partial charge in [-0.2, -0.15) is 0 Å². The van der Waals surface area contributed by atoms with Crippen LogP contribution in [0.1, 0.15) is 88.2 Å². The minimum Gasteiger partial charge on any atom is -0.456 e. The lowest BCUT2D eigenvalue weighted by Gasteiger charge is -2.26. The third-order valence-electron chi connectivity index (χ3n) is 8.37. The van der Waals surface area contributed by atoms with Crippen LogP contribution in [0, 0.1) is 0 Å². The highest BCUT2D eigenvalue weighted by atomic mass is 16.3. The van der Waals surface area contributed by atoms with E-state index in [0.717, 1.165) is 11.2 Å². The summed E-state index contributed by atoms with van der Waals surface area (Å²) in [6.07, 6.45) is 18.8. The molecule has 2 fully saturated rings. The van der Waals surface area contributed by atoms with Crippen LogP contribution in [-0.2, 0) is 12.8 Å². The number of rotatable bonds is 12. The number of aryl methyl sites for hydroxylation is 2. The standard InChI is InChI=1S/C32H46N2O/c1(7-19-33-21-9-3-10-22-33)5-13-27-15-17-31-29(25-27)30-26-28(16-18-32(30)35-31)14-6-2-8-20-34-23-11-4-12-24-34/h15-18,25-26H,1-14,19-24H2. The summed E-state index contributed by atoms with van der Waals surface area (Å²) in [7, 11) is 0. The Bertz CT molecular complexity index is 960. The molecule has 190 valence electrons. The van der Waals surface area contributed by atoms with Crippen molar-refractivity contribution in [2.24, 2.45) is 0 Å². The number of unbranched alkanes of at least 4 members (excludes halogenated alkanes) is 4. The first-order valence-electron chi connectivity index (χ1n) is 14.7. The Morgan fingerprint density at radius 2 is 0.971 bits per heavy atom. The van der Waals surface area contributed by atoms with E-state index in [9.17, 15) is 0 Å². The van der Waals surface area contributed by atoms with Crippen molar-refractivity contribution < 1.29 is 4.42 Å². The molecule has 0 bridgehead atoms. The average molecular weight is 475 g/mol. The third kappa shape index (κ3) is 7.11. The summed E-state index contributed by atoms with van der Waals surface area (Å²) in [6.45, 7) is 7.89. The van der Waals surface area contributed by atoms with Crippen LogP contribution in [0.15, 0.2) is 40.8 Å². The van der Waals surface area contributed by atoms with E-state index in [2.05, 4.69) is 46.2 Å². The largest absolute Gasteiger partial charge is 0.456 e. The smallest absolute Gasteiger partial charge is 0.135 e. The number of hydrogen-bond acceptors (Lipinski definition) is 3. The van der Waals surface area contributed by atoms with Crippen molar-refractivity contribution in [2.45, 2.75) is 89.9 Å². The lowest BCUT2D eigenvalue weighted by Crippen LogP contribution is -2.30. The Hall–Kier alpha value is -1.84. The van der Waals surface area contributed by atoms with Crippen LogP contribution in [0.25, 0.3) is 21.9 Å². The van der Waals surface area contributed by atoms with E-state index in [0.29, 0.717) is 0 Å². The monoisotopic (exact) mass is 474 g/mol. The molecule has 2 aliphatic heterocycles. The zero-order chi connectivity index (χ0) is 23.7. The Morgan fingerprint density at radius 3 is 1.43 bits per heavy atom. The molecule has 2 saturated heterocycles. The molecule has 35 heavy (non-hydrogen) atoms. The highest BCUT2D eigenvalue weighted by Gasteiger charge is 2.11. The summed E-state index contributed by atoms with van der Waals surface area (Å²) in [5, 5.41) is 2.61. The van der Waals surface area contributed by atoms with Gasteiger partial charge in [0.05, 0.1) is 0 Å². The highest BCUT2D eigenvalue weighted by Crippen LogP contribution is 2.31. The van der Waals surface area contributed by atoms with Crippen molar-refractivity contribution in [2.75, 3.05) is 39.3 Å². The van der Waals surface area contributed by atoms with Crippen molar-refractivity contribution in [3.8, 4) is 0 Å². The fourth-order valence-corrected chi connectivity index (χ4v) is 6.23. The summed E-state index contributed by atoms with van der Waals surface area (Å²) in [6, 6.07) is 13.7. The Morgan fingerprint density at radius 1 is 0.514 bits per heavy atom. The predicted molar refractivity (Wildman–Crippen MR) is 149 cm³/mol. The van der Waals surface area contributed by atoms with Crippen LogP contribution in [0.2, 0.25) is 0 Å². The fourth-order valence-electron chi connectivity index (χ4n) is 6.23. The molecule has 0 atom stereocenters. The maximum atomic E-state index is 6.17. The van der Waals surface area contributed by atoms with E-state index in [1.54, 1.807) is 0 Å². The van der Waals surface area contributed by atoms with Gasteiger partial charge < -0.3 is 14.2 Å². The van der Waals surface area contributed by atoms with Gasteiger partial charge in [-0.1, -0.05) is 37.8 Å². The zero-order valence-corrected chi connectivity index (χ0v) is 21.9. The molecule has 3 nitrogen and oxygen atoms in total. The number of hydrogen-bond donors (Lipinski definition) is 0. The van der Waals surface area contributed by atoms with Crippen LogP contribution in [0.5, 0.6) is 0 Å². The van der Waals surface area contributed by atoms with Gasteiger partial charge in [0, 0.05) is 10.8 Å². The van der Waals surface area contributed by atoms with Crippen LogP contribution < -0.4 is 0 Å². The highest BCUT2D eigenvalue weighted by molar-refractivity contribution is 6.05. The van der Waals surface area contributed by atoms with Crippen molar-refractivity contribution in [3.63, 3.8) is 0 Å². The number of nitrogens with zero attached hydrogens (tertiary/aromatic N) is 2. The third-order valence-corrected chi connectivity index (χ3v) is 8.37. The van der Waals surface area contributed by atoms with Gasteiger partial charge in [-0.15, -0.1) is 0 Å². The van der Waals surface area contributed by atoms with Crippen LogP contribution >= 0.6 is 0 Å². The molecular formula is C32H46N2O. The second-order valence-electron chi connectivity index (χ2n) is 11.2.